The fourth-order valence-electron chi connectivity index (χ4n) is 3.68. The molecule has 0 fully saturated rings. The zero-order valence-electron chi connectivity index (χ0n) is 21.3. The van der Waals surface area contributed by atoms with Crippen molar-refractivity contribution in [3.05, 3.63) is 94.5 Å². The molecule has 10 heteroatoms. The molecule has 4 aromatic rings. The lowest BCUT2D eigenvalue weighted by Crippen LogP contribution is -2.32. The van der Waals surface area contributed by atoms with Gasteiger partial charge in [-0.1, -0.05) is 48.0 Å². The third-order valence-electron chi connectivity index (χ3n) is 5.75. The van der Waals surface area contributed by atoms with E-state index in [1.807, 2.05) is 31.2 Å². The molecule has 0 radical (unpaired) electrons. The van der Waals surface area contributed by atoms with Gasteiger partial charge in [-0.15, -0.1) is 0 Å². The van der Waals surface area contributed by atoms with Gasteiger partial charge in [-0.05, 0) is 59.7 Å². The fourth-order valence-corrected chi connectivity index (χ4v) is 3.86. The van der Waals surface area contributed by atoms with E-state index in [2.05, 4.69) is 15.8 Å². The van der Waals surface area contributed by atoms with Crippen LogP contribution in [0.4, 0.5) is 5.69 Å². The third-order valence-corrected chi connectivity index (χ3v) is 6.16. The first-order valence-electron chi connectivity index (χ1n) is 11.7. The summed E-state index contributed by atoms with van der Waals surface area (Å²) in [5.41, 5.74) is 4.06. The number of hydrazone groups is 1. The van der Waals surface area contributed by atoms with Crippen LogP contribution in [0.3, 0.4) is 0 Å². The van der Waals surface area contributed by atoms with Crippen LogP contribution in [-0.2, 0) is 9.59 Å². The summed E-state index contributed by atoms with van der Waals surface area (Å²) in [4.78, 5) is 37.6. The van der Waals surface area contributed by atoms with Gasteiger partial charge in [0.05, 0.1) is 26.0 Å². The Morgan fingerprint density at radius 2 is 1.59 bits per heavy atom. The average molecular weight is 546 g/mol. The lowest BCUT2D eigenvalue weighted by atomic mass is 10.0. The smallest absolute Gasteiger partial charge is 0.343 e. The topological polar surface area (TPSA) is 115 Å². The van der Waals surface area contributed by atoms with Gasteiger partial charge in [0, 0.05) is 16.3 Å². The summed E-state index contributed by atoms with van der Waals surface area (Å²) in [6.07, 6.45) is 1.31. The second-order valence-electron chi connectivity index (χ2n) is 8.28. The van der Waals surface area contributed by atoms with Crippen LogP contribution in [0.5, 0.6) is 17.2 Å². The van der Waals surface area contributed by atoms with Crippen molar-refractivity contribution in [3.8, 4) is 17.2 Å². The van der Waals surface area contributed by atoms with Crippen molar-refractivity contribution >= 4 is 52.1 Å². The molecule has 0 aliphatic rings. The molecule has 39 heavy (non-hydrogen) atoms. The number of hydrogen-bond donors (Lipinski definition) is 2. The number of hydrogen-bond acceptors (Lipinski definition) is 7. The molecule has 0 aliphatic heterocycles. The highest BCUT2D eigenvalue weighted by Gasteiger charge is 2.17. The van der Waals surface area contributed by atoms with Gasteiger partial charge in [0.15, 0.2) is 11.5 Å². The van der Waals surface area contributed by atoms with E-state index in [0.717, 1.165) is 10.9 Å². The zero-order valence-corrected chi connectivity index (χ0v) is 22.0. The molecule has 0 unspecified atom stereocenters. The Morgan fingerprint density at radius 3 is 2.33 bits per heavy atom. The van der Waals surface area contributed by atoms with Crippen LogP contribution < -0.4 is 25.0 Å². The summed E-state index contributed by atoms with van der Waals surface area (Å²) in [5, 5.41) is 8.42. The first-order valence-corrected chi connectivity index (χ1v) is 12.0. The highest BCUT2D eigenvalue weighted by atomic mass is 35.5. The fraction of sp³-hybridized carbons (Fsp3) is 0.103. The third kappa shape index (κ3) is 6.34. The van der Waals surface area contributed by atoms with Gasteiger partial charge in [-0.25, -0.2) is 10.2 Å². The largest absolute Gasteiger partial charge is 0.493 e. The quantitative estimate of drug-likeness (QED) is 0.109. The Labute approximate surface area is 229 Å². The Bertz CT molecular complexity index is 1600. The van der Waals surface area contributed by atoms with Crippen LogP contribution in [0.1, 0.15) is 21.5 Å². The minimum absolute atomic E-state index is 0.199. The van der Waals surface area contributed by atoms with Gasteiger partial charge in [0.25, 0.3) is 0 Å². The number of nitrogens with one attached hydrogen (secondary N) is 2. The number of rotatable bonds is 7. The summed E-state index contributed by atoms with van der Waals surface area (Å²) >= 11 is 6.07. The maximum Gasteiger partial charge on any atom is 0.343 e. The molecule has 2 N–H and O–H groups in total. The number of halogens is 1. The van der Waals surface area contributed by atoms with Gasteiger partial charge < -0.3 is 19.5 Å². The number of carbonyl (C=O) groups is 3. The Balaban J connectivity index is 1.55. The Hall–Kier alpha value is -4.89. The maximum atomic E-state index is 13.0. The minimum atomic E-state index is -0.993. The number of fused-ring (bicyclic) bond motifs is 1. The van der Waals surface area contributed by atoms with E-state index in [0.29, 0.717) is 33.2 Å². The molecular formula is C29H24ClN3O6. The maximum absolute atomic E-state index is 13.0. The Kier molecular flexibility index (Phi) is 8.43. The number of aryl methyl sites for hydroxylation is 1. The second kappa shape index (κ2) is 12.1. The summed E-state index contributed by atoms with van der Waals surface area (Å²) in [7, 11) is 2.96. The molecule has 0 aliphatic carbocycles. The number of benzene rings is 4. The van der Waals surface area contributed by atoms with Crippen LogP contribution in [-0.4, -0.2) is 38.2 Å². The van der Waals surface area contributed by atoms with Crippen LogP contribution in [0.15, 0.2) is 77.9 Å². The lowest BCUT2D eigenvalue weighted by molar-refractivity contribution is -0.136. The highest BCUT2D eigenvalue weighted by Crippen LogP contribution is 2.30. The molecule has 0 heterocycles. The minimum Gasteiger partial charge on any atom is -0.493 e. The zero-order chi connectivity index (χ0) is 27.9. The van der Waals surface area contributed by atoms with Gasteiger partial charge in [0.2, 0.25) is 0 Å². The van der Waals surface area contributed by atoms with E-state index < -0.39 is 17.8 Å². The standard InChI is InChI=1S/C29H24ClN3O6/c1-17-8-11-20(15-23(17)30)32-27(34)28(35)33-31-16-22-21-7-5-4-6-18(21)9-12-24(22)39-29(36)19-10-13-25(37-2)26(14-19)38-3/h4-16H,1-3H3,(H,32,34)(H,33,35)/b31-16+. The molecule has 0 aromatic heterocycles. The average Bonchev–Trinajstić information content (AvgIpc) is 2.95. The summed E-state index contributed by atoms with van der Waals surface area (Å²) in [6.45, 7) is 1.82. The number of methoxy groups -OCH3 is 2. The van der Waals surface area contributed by atoms with Crippen molar-refractivity contribution in [2.45, 2.75) is 6.92 Å². The van der Waals surface area contributed by atoms with Gasteiger partial charge in [-0.2, -0.15) is 5.10 Å². The van der Waals surface area contributed by atoms with Gasteiger partial charge >= 0.3 is 17.8 Å². The first-order chi connectivity index (χ1) is 18.8. The molecule has 0 saturated heterocycles. The van der Waals surface area contributed by atoms with Gasteiger partial charge in [-0.3, -0.25) is 9.59 Å². The van der Waals surface area contributed by atoms with Crippen molar-refractivity contribution in [3.63, 3.8) is 0 Å². The molecule has 2 amide bonds. The van der Waals surface area contributed by atoms with Crippen LogP contribution >= 0.6 is 11.6 Å². The van der Waals surface area contributed by atoms with Crippen LogP contribution in [0.2, 0.25) is 5.02 Å². The molecule has 4 aromatic carbocycles. The van der Waals surface area contributed by atoms with E-state index in [1.54, 1.807) is 42.5 Å². The number of esters is 1. The van der Waals surface area contributed by atoms with Crippen LogP contribution in [0, 0.1) is 6.92 Å². The van der Waals surface area contributed by atoms with Crippen molar-refractivity contribution in [2.75, 3.05) is 19.5 Å². The van der Waals surface area contributed by atoms with E-state index in [-0.39, 0.29) is 11.3 Å². The molecule has 0 bridgehead atoms. The van der Waals surface area contributed by atoms with E-state index >= 15 is 0 Å². The monoisotopic (exact) mass is 545 g/mol. The molecule has 198 valence electrons. The lowest BCUT2D eigenvalue weighted by Gasteiger charge is -2.12. The van der Waals surface area contributed by atoms with E-state index in [9.17, 15) is 14.4 Å². The molecular weight excluding hydrogens is 522 g/mol. The number of anilines is 1. The van der Waals surface area contributed by atoms with Crippen molar-refractivity contribution in [2.24, 2.45) is 5.10 Å². The number of carbonyl (C=O) groups excluding carboxylic acids is 3. The predicted molar refractivity (Wildman–Crippen MR) is 149 cm³/mol. The number of nitrogens with zero attached hydrogens (tertiary/aromatic N) is 1. The van der Waals surface area contributed by atoms with Crippen LogP contribution in [0.25, 0.3) is 10.8 Å². The molecule has 9 nitrogen and oxygen atoms in total. The van der Waals surface area contributed by atoms with Crippen molar-refractivity contribution in [1.82, 2.24) is 5.43 Å². The Morgan fingerprint density at radius 1 is 0.846 bits per heavy atom. The number of ether oxygens (including phenoxy) is 3. The summed E-state index contributed by atoms with van der Waals surface area (Å²) in [5.74, 6) is -1.51. The first kappa shape index (κ1) is 27.2. The predicted octanol–water partition coefficient (Wildman–Crippen LogP) is 5.13. The van der Waals surface area contributed by atoms with Gasteiger partial charge in [0.1, 0.15) is 5.75 Å². The van der Waals surface area contributed by atoms with Crippen molar-refractivity contribution < 1.29 is 28.6 Å². The van der Waals surface area contributed by atoms with E-state index in [1.165, 1.54) is 26.5 Å². The molecule has 0 saturated carbocycles. The number of amides is 2. The molecule has 4 rings (SSSR count). The summed E-state index contributed by atoms with van der Waals surface area (Å²) in [6, 6.07) is 20.4. The normalized spacial score (nSPS) is 10.8. The molecule has 0 spiro atoms. The molecule has 0 atom stereocenters. The SMILES string of the molecule is COc1ccc(C(=O)Oc2ccc3ccccc3c2/C=N/NC(=O)C(=O)Nc2ccc(C)c(Cl)c2)cc1OC. The summed E-state index contributed by atoms with van der Waals surface area (Å²) < 4.78 is 16.2. The highest BCUT2D eigenvalue weighted by molar-refractivity contribution is 6.40. The van der Waals surface area contributed by atoms with Crippen molar-refractivity contribution in [1.29, 1.82) is 0 Å². The second-order valence-corrected chi connectivity index (χ2v) is 8.68. The van der Waals surface area contributed by atoms with E-state index in [4.69, 9.17) is 25.8 Å².